The van der Waals surface area contributed by atoms with Crippen molar-refractivity contribution < 1.29 is 4.79 Å². The minimum absolute atomic E-state index is 0.383. The second kappa shape index (κ2) is 5.67. The maximum absolute atomic E-state index is 12.0. The molecular weight excluding hydrogens is 200 g/mol. The van der Waals surface area contributed by atoms with Crippen LogP contribution < -0.4 is 5.32 Å². The van der Waals surface area contributed by atoms with Gasteiger partial charge in [-0.3, -0.25) is 4.79 Å². The van der Waals surface area contributed by atoms with Crippen LogP contribution in [-0.4, -0.2) is 37.5 Å². The van der Waals surface area contributed by atoms with E-state index in [4.69, 9.17) is 0 Å². The third-order valence-corrected chi connectivity index (χ3v) is 3.52. The first-order valence-corrected chi connectivity index (χ1v) is 6.72. The highest BCUT2D eigenvalue weighted by Crippen LogP contribution is 2.33. The molecule has 2 rings (SSSR count). The number of hydrogen-bond donors (Lipinski definition) is 1. The van der Waals surface area contributed by atoms with Gasteiger partial charge in [0.25, 0.3) is 0 Å². The normalized spacial score (nSPS) is 19.8. The Hall–Kier alpha value is -0.570. The SMILES string of the molecule is CNCCCC(=O)N(CC1CC1)CC1CC1. The fraction of sp³-hybridized carbons (Fsp3) is 0.923. The van der Waals surface area contributed by atoms with Crippen LogP contribution in [0.3, 0.4) is 0 Å². The molecule has 16 heavy (non-hydrogen) atoms. The maximum atomic E-state index is 12.0. The van der Waals surface area contributed by atoms with E-state index in [0.717, 1.165) is 44.3 Å². The molecule has 2 aliphatic rings. The van der Waals surface area contributed by atoms with Crippen molar-refractivity contribution in [3.8, 4) is 0 Å². The predicted molar refractivity (Wildman–Crippen MR) is 65.2 cm³/mol. The zero-order valence-electron chi connectivity index (χ0n) is 10.4. The van der Waals surface area contributed by atoms with Gasteiger partial charge in [0.15, 0.2) is 0 Å². The van der Waals surface area contributed by atoms with Gasteiger partial charge < -0.3 is 10.2 Å². The summed E-state index contributed by atoms with van der Waals surface area (Å²) in [6, 6.07) is 0. The van der Waals surface area contributed by atoms with E-state index in [9.17, 15) is 4.79 Å². The highest BCUT2D eigenvalue weighted by atomic mass is 16.2. The molecule has 0 unspecified atom stereocenters. The molecule has 0 aromatic carbocycles. The lowest BCUT2D eigenvalue weighted by Gasteiger charge is -2.22. The lowest BCUT2D eigenvalue weighted by atomic mass is 10.2. The number of rotatable bonds is 8. The Morgan fingerprint density at radius 3 is 2.19 bits per heavy atom. The predicted octanol–water partition coefficient (Wildman–Crippen LogP) is 1.63. The molecule has 2 fully saturated rings. The average Bonchev–Trinajstić information content (AvgIpc) is 3.11. The Kier molecular flexibility index (Phi) is 4.22. The van der Waals surface area contributed by atoms with Crippen LogP contribution in [0.4, 0.5) is 0 Å². The summed E-state index contributed by atoms with van der Waals surface area (Å²) in [5, 5.41) is 3.10. The van der Waals surface area contributed by atoms with Gasteiger partial charge in [-0.15, -0.1) is 0 Å². The summed E-state index contributed by atoms with van der Waals surface area (Å²) in [6.07, 6.45) is 7.05. The van der Waals surface area contributed by atoms with Gasteiger partial charge in [0, 0.05) is 19.5 Å². The van der Waals surface area contributed by atoms with Crippen LogP contribution in [0.15, 0.2) is 0 Å². The average molecular weight is 224 g/mol. The molecule has 0 atom stereocenters. The zero-order valence-corrected chi connectivity index (χ0v) is 10.4. The lowest BCUT2D eigenvalue weighted by Crippen LogP contribution is -2.34. The molecule has 0 bridgehead atoms. The summed E-state index contributed by atoms with van der Waals surface area (Å²) in [6.45, 7) is 3.02. The first-order valence-electron chi connectivity index (χ1n) is 6.72. The molecule has 0 aliphatic heterocycles. The third kappa shape index (κ3) is 4.12. The van der Waals surface area contributed by atoms with Crippen molar-refractivity contribution >= 4 is 5.91 Å². The number of amides is 1. The summed E-state index contributed by atoms with van der Waals surface area (Å²) >= 11 is 0. The molecule has 0 aromatic rings. The van der Waals surface area contributed by atoms with Gasteiger partial charge in [-0.2, -0.15) is 0 Å². The van der Waals surface area contributed by atoms with Crippen molar-refractivity contribution in [3.05, 3.63) is 0 Å². The fourth-order valence-corrected chi connectivity index (χ4v) is 2.08. The fourth-order valence-electron chi connectivity index (χ4n) is 2.08. The Morgan fingerprint density at radius 2 is 1.75 bits per heavy atom. The van der Waals surface area contributed by atoms with Gasteiger partial charge in [-0.05, 0) is 57.5 Å². The van der Waals surface area contributed by atoms with Gasteiger partial charge in [-0.1, -0.05) is 0 Å². The van der Waals surface area contributed by atoms with Crippen LogP contribution in [0.5, 0.6) is 0 Å². The van der Waals surface area contributed by atoms with E-state index >= 15 is 0 Å². The second-order valence-corrected chi connectivity index (χ2v) is 5.39. The number of carbonyl (C=O) groups is 1. The van der Waals surface area contributed by atoms with E-state index in [0.29, 0.717) is 5.91 Å². The Balaban J connectivity index is 1.71. The molecule has 0 spiro atoms. The molecule has 3 heteroatoms. The Bertz CT molecular complexity index is 220. The van der Waals surface area contributed by atoms with E-state index in [1.807, 2.05) is 7.05 Å². The van der Waals surface area contributed by atoms with Crippen molar-refractivity contribution in [1.82, 2.24) is 10.2 Å². The lowest BCUT2D eigenvalue weighted by molar-refractivity contribution is -0.131. The number of nitrogens with one attached hydrogen (secondary N) is 1. The van der Waals surface area contributed by atoms with E-state index in [1.165, 1.54) is 25.7 Å². The van der Waals surface area contributed by atoms with Crippen molar-refractivity contribution in [2.45, 2.75) is 38.5 Å². The smallest absolute Gasteiger partial charge is 0.222 e. The van der Waals surface area contributed by atoms with E-state index in [-0.39, 0.29) is 0 Å². The summed E-state index contributed by atoms with van der Waals surface area (Å²) in [5.74, 6) is 2.04. The second-order valence-electron chi connectivity index (χ2n) is 5.39. The molecule has 0 aromatic heterocycles. The topological polar surface area (TPSA) is 32.3 Å². The molecule has 0 heterocycles. The number of carbonyl (C=O) groups excluding carboxylic acids is 1. The van der Waals surface area contributed by atoms with Crippen LogP contribution in [0.2, 0.25) is 0 Å². The van der Waals surface area contributed by atoms with E-state index in [1.54, 1.807) is 0 Å². The van der Waals surface area contributed by atoms with Crippen molar-refractivity contribution in [2.75, 3.05) is 26.7 Å². The minimum atomic E-state index is 0.383. The molecule has 1 amide bonds. The van der Waals surface area contributed by atoms with Crippen LogP contribution >= 0.6 is 0 Å². The standard InChI is InChI=1S/C13H24N2O/c1-14-8-2-3-13(16)15(9-11-4-5-11)10-12-6-7-12/h11-12,14H,2-10H2,1H3. The first kappa shape index (κ1) is 11.9. The monoisotopic (exact) mass is 224 g/mol. The molecule has 2 saturated carbocycles. The van der Waals surface area contributed by atoms with Crippen LogP contribution in [-0.2, 0) is 4.79 Å². The molecule has 0 radical (unpaired) electrons. The van der Waals surface area contributed by atoms with Crippen molar-refractivity contribution in [3.63, 3.8) is 0 Å². The van der Waals surface area contributed by atoms with Crippen molar-refractivity contribution in [1.29, 1.82) is 0 Å². The number of hydrogen-bond acceptors (Lipinski definition) is 2. The summed E-state index contributed by atoms with van der Waals surface area (Å²) < 4.78 is 0. The van der Waals surface area contributed by atoms with E-state index < -0.39 is 0 Å². The van der Waals surface area contributed by atoms with Gasteiger partial charge in [0.1, 0.15) is 0 Å². The number of nitrogens with zero attached hydrogens (tertiary/aromatic N) is 1. The van der Waals surface area contributed by atoms with Crippen LogP contribution in [0.1, 0.15) is 38.5 Å². The van der Waals surface area contributed by atoms with Crippen LogP contribution in [0.25, 0.3) is 0 Å². The quantitative estimate of drug-likeness (QED) is 0.636. The minimum Gasteiger partial charge on any atom is -0.342 e. The van der Waals surface area contributed by atoms with Crippen molar-refractivity contribution in [2.24, 2.45) is 11.8 Å². The highest BCUT2D eigenvalue weighted by Gasteiger charge is 2.30. The summed E-state index contributed by atoms with van der Waals surface area (Å²) in [4.78, 5) is 14.2. The van der Waals surface area contributed by atoms with Crippen LogP contribution in [0, 0.1) is 11.8 Å². The van der Waals surface area contributed by atoms with Gasteiger partial charge in [0.2, 0.25) is 5.91 Å². The zero-order chi connectivity index (χ0) is 11.4. The van der Waals surface area contributed by atoms with E-state index in [2.05, 4.69) is 10.2 Å². The molecule has 3 nitrogen and oxygen atoms in total. The first-order chi connectivity index (χ1) is 7.79. The third-order valence-electron chi connectivity index (χ3n) is 3.52. The van der Waals surface area contributed by atoms with Gasteiger partial charge in [-0.25, -0.2) is 0 Å². The molecule has 2 aliphatic carbocycles. The van der Waals surface area contributed by atoms with Gasteiger partial charge in [0.05, 0.1) is 0 Å². The molecule has 92 valence electrons. The van der Waals surface area contributed by atoms with Gasteiger partial charge >= 0.3 is 0 Å². The molecule has 1 N–H and O–H groups in total. The largest absolute Gasteiger partial charge is 0.342 e. The molecular formula is C13H24N2O. The summed E-state index contributed by atoms with van der Waals surface area (Å²) in [7, 11) is 1.94. The Labute approximate surface area is 98.6 Å². The maximum Gasteiger partial charge on any atom is 0.222 e. The Morgan fingerprint density at radius 1 is 1.19 bits per heavy atom. The highest BCUT2D eigenvalue weighted by molar-refractivity contribution is 5.76. The summed E-state index contributed by atoms with van der Waals surface area (Å²) in [5.41, 5.74) is 0. The molecule has 0 saturated heterocycles.